The Hall–Kier alpha value is -1.45. The number of rotatable bonds is 5. The third-order valence-electron chi connectivity index (χ3n) is 3.34. The third kappa shape index (κ3) is 3.60. The van der Waals surface area contributed by atoms with E-state index in [1.54, 1.807) is 0 Å². The molecule has 2 rings (SSSR count). The van der Waals surface area contributed by atoms with Crippen molar-refractivity contribution < 1.29 is 23.1 Å². The van der Waals surface area contributed by atoms with Gasteiger partial charge in [0.2, 0.25) is 5.91 Å². The standard InChI is InChI=1S/C12H16N2O5S2/c13-12(17)8-2-1-5-14(7-8)21(18,19)11-4-3-9(20-11)6-10(15)16/h3-4,8H,1-2,5-7H2,(H2,13,17)(H,15,16). The van der Waals surface area contributed by atoms with Crippen molar-refractivity contribution in [3.63, 3.8) is 0 Å². The number of nitrogens with two attached hydrogens (primary N) is 1. The molecule has 1 amide bonds. The molecule has 3 N–H and O–H groups in total. The SMILES string of the molecule is NC(=O)C1CCCN(S(=O)(=O)c2ccc(CC(=O)O)s2)C1. The Morgan fingerprint density at radius 1 is 1.43 bits per heavy atom. The molecule has 0 saturated carbocycles. The van der Waals surface area contributed by atoms with Crippen molar-refractivity contribution in [2.75, 3.05) is 13.1 Å². The van der Waals surface area contributed by atoms with Gasteiger partial charge in [-0.1, -0.05) is 0 Å². The second kappa shape index (κ2) is 6.12. The van der Waals surface area contributed by atoms with Gasteiger partial charge in [0.05, 0.1) is 12.3 Å². The molecule has 1 unspecified atom stereocenters. The second-order valence-electron chi connectivity index (χ2n) is 4.90. The first-order valence-corrected chi connectivity index (χ1v) is 8.66. The Morgan fingerprint density at radius 3 is 2.76 bits per heavy atom. The summed E-state index contributed by atoms with van der Waals surface area (Å²) in [6.07, 6.45) is 0.973. The van der Waals surface area contributed by atoms with Gasteiger partial charge in [-0.2, -0.15) is 4.31 Å². The Labute approximate surface area is 126 Å². The van der Waals surface area contributed by atoms with Gasteiger partial charge in [0.1, 0.15) is 4.21 Å². The average Bonchev–Trinajstić information content (AvgIpc) is 2.87. The van der Waals surface area contributed by atoms with Crippen molar-refractivity contribution in [2.24, 2.45) is 11.7 Å². The number of thiophene rings is 1. The highest BCUT2D eigenvalue weighted by Gasteiger charge is 2.33. The average molecular weight is 332 g/mol. The van der Waals surface area contributed by atoms with Crippen molar-refractivity contribution in [1.82, 2.24) is 4.31 Å². The van der Waals surface area contributed by atoms with Crippen LogP contribution in [0.25, 0.3) is 0 Å². The summed E-state index contributed by atoms with van der Waals surface area (Å²) < 4.78 is 26.3. The first-order valence-electron chi connectivity index (χ1n) is 6.40. The Morgan fingerprint density at radius 2 is 2.14 bits per heavy atom. The highest BCUT2D eigenvalue weighted by atomic mass is 32.2. The zero-order valence-electron chi connectivity index (χ0n) is 11.2. The highest BCUT2D eigenvalue weighted by molar-refractivity contribution is 7.91. The number of aliphatic carboxylic acids is 1. The van der Waals surface area contributed by atoms with Gasteiger partial charge in [0.25, 0.3) is 10.0 Å². The predicted octanol–water partition coefficient (Wildman–Crippen LogP) is 0.261. The highest BCUT2D eigenvalue weighted by Crippen LogP contribution is 2.28. The van der Waals surface area contributed by atoms with E-state index in [0.29, 0.717) is 24.3 Å². The van der Waals surface area contributed by atoms with Gasteiger partial charge in [0.15, 0.2) is 0 Å². The number of sulfonamides is 1. The number of carbonyl (C=O) groups is 2. The van der Waals surface area contributed by atoms with E-state index in [-0.39, 0.29) is 17.2 Å². The van der Waals surface area contributed by atoms with Gasteiger partial charge in [-0.3, -0.25) is 9.59 Å². The van der Waals surface area contributed by atoms with Crippen LogP contribution in [-0.4, -0.2) is 42.8 Å². The molecule has 1 aromatic rings. The molecule has 0 aromatic carbocycles. The van der Waals surface area contributed by atoms with Crippen LogP contribution in [0.2, 0.25) is 0 Å². The third-order valence-corrected chi connectivity index (χ3v) is 6.76. The van der Waals surface area contributed by atoms with E-state index >= 15 is 0 Å². The summed E-state index contributed by atoms with van der Waals surface area (Å²) in [7, 11) is -3.69. The molecule has 21 heavy (non-hydrogen) atoms. The molecule has 2 heterocycles. The molecule has 0 spiro atoms. The van der Waals surface area contributed by atoms with Gasteiger partial charge in [-0.05, 0) is 25.0 Å². The van der Waals surface area contributed by atoms with Gasteiger partial charge >= 0.3 is 5.97 Å². The molecule has 1 fully saturated rings. The topological polar surface area (TPSA) is 118 Å². The number of carboxylic acid groups (broad SMARTS) is 1. The van der Waals surface area contributed by atoms with Gasteiger partial charge in [-0.25, -0.2) is 8.42 Å². The Bertz CT molecular complexity index is 652. The molecular formula is C12H16N2O5S2. The normalized spacial score (nSPS) is 20.3. The number of hydrogen-bond donors (Lipinski definition) is 2. The lowest BCUT2D eigenvalue weighted by Gasteiger charge is -2.29. The number of amides is 1. The molecular weight excluding hydrogens is 316 g/mol. The van der Waals surface area contributed by atoms with Gasteiger partial charge < -0.3 is 10.8 Å². The molecule has 116 valence electrons. The number of carbonyl (C=O) groups excluding carboxylic acids is 1. The summed E-state index contributed by atoms with van der Waals surface area (Å²) in [6.45, 7) is 0.433. The van der Waals surface area contributed by atoms with Crippen LogP contribution < -0.4 is 5.73 Å². The van der Waals surface area contributed by atoms with E-state index in [0.717, 1.165) is 11.3 Å². The largest absolute Gasteiger partial charge is 0.481 e. The van der Waals surface area contributed by atoms with Crippen molar-refractivity contribution in [2.45, 2.75) is 23.5 Å². The molecule has 0 bridgehead atoms. The van der Waals surface area contributed by atoms with Crippen LogP contribution in [-0.2, 0) is 26.0 Å². The number of carboxylic acids is 1. The lowest BCUT2D eigenvalue weighted by atomic mass is 9.99. The van der Waals surface area contributed by atoms with Gasteiger partial charge in [0, 0.05) is 18.0 Å². The van der Waals surface area contributed by atoms with Crippen LogP contribution in [0, 0.1) is 5.92 Å². The van der Waals surface area contributed by atoms with Crippen molar-refractivity contribution in [3.8, 4) is 0 Å². The van der Waals surface area contributed by atoms with Crippen molar-refractivity contribution in [3.05, 3.63) is 17.0 Å². The van der Waals surface area contributed by atoms with Crippen LogP contribution in [0.4, 0.5) is 0 Å². The van der Waals surface area contributed by atoms with E-state index in [1.165, 1.54) is 16.4 Å². The summed E-state index contributed by atoms with van der Waals surface area (Å²) in [4.78, 5) is 22.3. The van der Waals surface area contributed by atoms with E-state index in [9.17, 15) is 18.0 Å². The van der Waals surface area contributed by atoms with Crippen LogP contribution in [0.5, 0.6) is 0 Å². The number of piperidine rings is 1. The Kier molecular flexibility index (Phi) is 4.64. The smallest absolute Gasteiger partial charge is 0.308 e. The fourth-order valence-electron chi connectivity index (χ4n) is 2.26. The summed E-state index contributed by atoms with van der Waals surface area (Å²) in [6, 6.07) is 2.91. The zero-order chi connectivity index (χ0) is 15.6. The van der Waals surface area contributed by atoms with Crippen LogP contribution in [0.15, 0.2) is 16.3 Å². The molecule has 1 aliphatic heterocycles. The van der Waals surface area contributed by atoms with Crippen LogP contribution >= 0.6 is 11.3 Å². The van der Waals surface area contributed by atoms with E-state index in [1.807, 2.05) is 0 Å². The maximum absolute atomic E-state index is 12.5. The molecule has 1 aromatic heterocycles. The number of nitrogens with zero attached hydrogens (tertiary/aromatic N) is 1. The molecule has 0 radical (unpaired) electrons. The minimum absolute atomic E-state index is 0.0871. The minimum Gasteiger partial charge on any atom is -0.481 e. The lowest BCUT2D eigenvalue weighted by Crippen LogP contribution is -2.43. The number of hydrogen-bond acceptors (Lipinski definition) is 5. The molecule has 1 saturated heterocycles. The van der Waals surface area contributed by atoms with E-state index in [4.69, 9.17) is 10.8 Å². The first kappa shape index (κ1) is 15.9. The predicted molar refractivity (Wildman–Crippen MR) is 76.3 cm³/mol. The fraction of sp³-hybridized carbons (Fsp3) is 0.500. The molecule has 9 heteroatoms. The summed E-state index contributed by atoms with van der Waals surface area (Å²) in [5.41, 5.74) is 5.25. The molecule has 7 nitrogen and oxygen atoms in total. The van der Waals surface area contributed by atoms with Crippen molar-refractivity contribution >= 4 is 33.2 Å². The molecule has 1 aliphatic rings. The minimum atomic E-state index is -3.69. The van der Waals surface area contributed by atoms with Crippen molar-refractivity contribution in [1.29, 1.82) is 0 Å². The van der Waals surface area contributed by atoms with E-state index < -0.39 is 27.8 Å². The summed E-state index contributed by atoms with van der Waals surface area (Å²) in [5.74, 6) is -1.97. The first-order chi connectivity index (χ1) is 9.80. The number of primary amides is 1. The van der Waals surface area contributed by atoms with Crippen LogP contribution in [0.3, 0.4) is 0 Å². The van der Waals surface area contributed by atoms with E-state index in [2.05, 4.69) is 0 Å². The summed E-state index contributed by atoms with van der Waals surface area (Å²) in [5, 5.41) is 8.72. The fourth-order valence-corrected chi connectivity index (χ4v) is 5.29. The maximum atomic E-state index is 12.5. The second-order valence-corrected chi connectivity index (χ2v) is 8.23. The lowest BCUT2D eigenvalue weighted by molar-refractivity contribution is -0.136. The maximum Gasteiger partial charge on any atom is 0.308 e. The quantitative estimate of drug-likeness (QED) is 0.802. The molecule has 0 aliphatic carbocycles. The monoisotopic (exact) mass is 332 g/mol. The van der Waals surface area contributed by atoms with Gasteiger partial charge in [-0.15, -0.1) is 11.3 Å². The zero-order valence-corrected chi connectivity index (χ0v) is 12.8. The summed E-state index contributed by atoms with van der Waals surface area (Å²) >= 11 is 0.945. The Balaban J connectivity index is 2.19. The van der Waals surface area contributed by atoms with Crippen LogP contribution in [0.1, 0.15) is 17.7 Å². The molecule has 1 atom stereocenters.